The van der Waals surface area contributed by atoms with Crippen molar-refractivity contribution in [1.29, 1.82) is 0 Å². The van der Waals surface area contributed by atoms with Crippen LogP contribution >= 0.6 is 0 Å². The van der Waals surface area contributed by atoms with Gasteiger partial charge in [0.15, 0.2) is 0 Å². The van der Waals surface area contributed by atoms with Gasteiger partial charge in [0.25, 0.3) is 5.91 Å². The fourth-order valence-corrected chi connectivity index (χ4v) is 5.60. The molecule has 1 heterocycles. The van der Waals surface area contributed by atoms with Crippen LogP contribution in [0.4, 0.5) is 0 Å². The van der Waals surface area contributed by atoms with Crippen LogP contribution in [0.2, 0.25) is 0 Å². The van der Waals surface area contributed by atoms with Gasteiger partial charge in [-0.05, 0) is 50.4 Å². The van der Waals surface area contributed by atoms with E-state index in [0.29, 0.717) is 11.6 Å². The zero-order valence-corrected chi connectivity index (χ0v) is 16.9. The van der Waals surface area contributed by atoms with Crippen molar-refractivity contribution in [3.05, 3.63) is 29.8 Å². The molecule has 2 N–H and O–H groups in total. The van der Waals surface area contributed by atoms with Gasteiger partial charge in [-0.3, -0.25) is 9.69 Å². The van der Waals surface area contributed by atoms with Gasteiger partial charge in [-0.25, -0.2) is 13.1 Å². The molecular formula is C20H31N3O3S. The topological polar surface area (TPSA) is 78.5 Å². The summed E-state index contributed by atoms with van der Waals surface area (Å²) in [7, 11) is -2.11. The van der Waals surface area contributed by atoms with Crippen LogP contribution in [0.1, 0.15) is 61.7 Å². The number of benzene rings is 1. The van der Waals surface area contributed by atoms with Gasteiger partial charge in [-0.1, -0.05) is 31.7 Å². The molecule has 1 saturated heterocycles. The third-order valence-electron chi connectivity index (χ3n) is 5.75. The SMILES string of the molecule is CNC(=O)c1cccc(S(=O)(=O)N[C@@H]2CCCN(C3CCCCCC3)C2)c1. The maximum absolute atomic E-state index is 12.8. The normalized spacial score (nSPS) is 22.9. The van der Waals surface area contributed by atoms with Crippen molar-refractivity contribution in [2.75, 3.05) is 20.1 Å². The molecule has 150 valence electrons. The lowest BCUT2D eigenvalue weighted by Crippen LogP contribution is -2.50. The number of hydrogen-bond donors (Lipinski definition) is 2. The van der Waals surface area contributed by atoms with Crippen molar-refractivity contribution in [3.63, 3.8) is 0 Å². The third kappa shape index (κ3) is 5.30. The Morgan fingerprint density at radius 2 is 1.81 bits per heavy atom. The van der Waals surface area contributed by atoms with Gasteiger partial charge in [0.05, 0.1) is 4.90 Å². The van der Waals surface area contributed by atoms with E-state index < -0.39 is 10.0 Å². The van der Waals surface area contributed by atoms with E-state index in [4.69, 9.17) is 0 Å². The zero-order chi connectivity index (χ0) is 19.3. The molecule has 1 amide bonds. The van der Waals surface area contributed by atoms with Crippen LogP contribution in [-0.4, -0.2) is 51.4 Å². The van der Waals surface area contributed by atoms with Gasteiger partial charge < -0.3 is 5.32 Å². The Kier molecular flexibility index (Phi) is 6.89. The highest BCUT2D eigenvalue weighted by atomic mass is 32.2. The average molecular weight is 394 g/mol. The van der Waals surface area contributed by atoms with Crippen LogP contribution in [0.5, 0.6) is 0 Å². The minimum Gasteiger partial charge on any atom is -0.355 e. The molecule has 1 atom stereocenters. The minimum absolute atomic E-state index is 0.0735. The van der Waals surface area contributed by atoms with E-state index in [2.05, 4.69) is 14.9 Å². The third-order valence-corrected chi connectivity index (χ3v) is 7.27. The standard InChI is InChI=1S/C20H31N3O3S/c1-21-20(24)16-8-6-12-19(14-16)27(25,26)22-17-9-7-13-23(15-17)18-10-4-2-3-5-11-18/h6,8,12,14,17-18,22H,2-5,7,9-11,13,15H2,1H3,(H,21,24)/t17-/m1/s1. The molecule has 0 unspecified atom stereocenters. The van der Waals surface area contributed by atoms with Gasteiger partial charge in [-0.15, -0.1) is 0 Å². The largest absolute Gasteiger partial charge is 0.355 e. The molecule has 0 aromatic heterocycles. The molecule has 0 bridgehead atoms. The molecule has 27 heavy (non-hydrogen) atoms. The molecule has 3 rings (SSSR count). The fourth-order valence-electron chi connectivity index (χ4n) is 4.29. The monoisotopic (exact) mass is 393 g/mol. The van der Waals surface area contributed by atoms with Gasteiger partial charge in [0.2, 0.25) is 10.0 Å². The second kappa shape index (κ2) is 9.17. The lowest BCUT2D eigenvalue weighted by Gasteiger charge is -2.38. The lowest BCUT2D eigenvalue weighted by molar-refractivity contribution is 0.0963. The molecule has 2 aliphatic rings. The fraction of sp³-hybridized carbons (Fsp3) is 0.650. The van der Waals surface area contributed by atoms with E-state index in [-0.39, 0.29) is 16.8 Å². The Morgan fingerprint density at radius 3 is 2.52 bits per heavy atom. The number of nitrogens with one attached hydrogen (secondary N) is 2. The van der Waals surface area contributed by atoms with E-state index in [1.165, 1.54) is 51.6 Å². The first-order valence-electron chi connectivity index (χ1n) is 10.1. The first-order chi connectivity index (χ1) is 13.0. The molecule has 6 nitrogen and oxygen atoms in total. The number of hydrogen-bond acceptors (Lipinski definition) is 4. The molecule has 1 aromatic rings. The van der Waals surface area contributed by atoms with E-state index in [9.17, 15) is 13.2 Å². The molecule has 7 heteroatoms. The molecule has 0 radical (unpaired) electrons. The van der Waals surface area contributed by atoms with Gasteiger partial charge in [-0.2, -0.15) is 0 Å². The summed E-state index contributed by atoms with van der Waals surface area (Å²) in [6.07, 6.45) is 9.54. The van der Waals surface area contributed by atoms with Crippen molar-refractivity contribution in [3.8, 4) is 0 Å². The van der Waals surface area contributed by atoms with Crippen LogP contribution in [0, 0.1) is 0 Å². The number of amides is 1. The van der Waals surface area contributed by atoms with Crippen LogP contribution < -0.4 is 10.0 Å². The molecule has 1 saturated carbocycles. The predicted molar refractivity (Wildman–Crippen MR) is 106 cm³/mol. The Labute approximate surface area is 162 Å². The van der Waals surface area contributed by atoms with Crippen molar-refractivity contribution in [1.82, 2.24) is 14.9 Å². The summed E-state index contributed by atoms with van der Waals surface area (Å²) in [4.78, 5) is 14.4. The van der Waals surface area contributed by atoms with E-state index >= 15 is 0 Å². The van der Waals surface area contributed by atoms with E-state index in [1.54, 1.807) is 18.2 Å². The lowest BCUT2D eigenvalue weighted by atomic mass is 10.0. The summed E-state index contributed by atoms with van der Waals surface area (Å²) in [5, 5.41) is 2.53. The second-order valence-electron chi connectivity index (χ2n) is 7.71. The van der Waals surface area contributed by atoms with Crippen LogP contribution in [0.25, 0.3) is 0 Å². The van der Waals surface area contributed by atoms with Crippen LogP contribution in [-0.2, 0) is 10.0 Å². The van der Waals surface area contributed by atoms with Crippen LogP contribution in [0.15, 0.2) is 29.2 Å². The van der Waals surface area contributed by atoms with E-state index in [1.807, 2.05) is 0 Å². The van der Waals surface area contributed by atoms with Crippen molar-refractivity contribution in [2.24, 2.45) is 0 Å². The Balaban J connectivity index is 1.67. The highest BCUT2D eigenvalue weighted by Gasteiger charge is 2.29. The van der Waals surface area contributed by atoms with Gasteiger partial charge in [0.1, 0.15) is 0 Å². The van der Waals surface area contributed by atoms with Crippen molar-refractivity contribution >= 4 is 15.9 Å². The van der Waals surface area contributed by atoms with Crippen molar-refractivity contribution in [2.45, 2.75) is 68.3 Å². The zero-order valence-electron chi connectivity index (χ0n) is 16.1. The maximum atomic E-state index is 12.8. The molecular weight excluding hydrogens is 362 g/mol. The number of piperidine rings is 1. The summed E-state index contributed by atoms with van der Waals surface area (Å²) in [6.45, 7) is 1.84. The highest BCUT2D eigenvalue weighted by Crippen LogP contribution is 2.25. The quantitative estimate of drug-likeness (QED) is 0.754. The highest BCUT2D eigenvalue weighted by molar-refractivity contribution is 7.89. The minimum atomic E-state index is -3.64. The Hall–Kier alpha value is -1.44. The van der Waals surface area contributed by atoms with E-state index in [0.717, 1.165) is 25.9 Å². The number of carbonyl (C=O) groups is 1. The number of carbonyl (C=O) groups excluding carboxylic acids is 1. The van der Waals surface area contributed by atoms with Gasteiger partial charge >= 0.3 is 0 Å². The number of nitrogens with zero attached hydrogens (tertiary/aromatic N) is 1. The molecule has 1 aliphatic heterocycles. The molecule has 2 fully saturated rings. The summed E-state index contributed by atoms with van der Waals surface area (Å²) in [6, 6.07) is 6.73. The molecule has 1 aromatic carbocycles. The van der Waals surface area contributed by atoms with Gasteiger partial charge in [0, 0.05) is 31.2 Å². The predicted octanol–water partition coefficient (Wildman–Crippen LogP) is 2.51. The summed E-state index contributed by atoms with van der Waals surface area (Å²) in [5.74, 6) is -0.288. The Bertz CT molecular complexity index is 743. The average Bonchev–Trinajstić information content (AvgIpc) is 2.97. The number of sulfonamides is 1. The maximum Gasteiger partial charge on any atom is 0.251 e. The van der Waals surface area contributed by atoms with Crippen molar-refractivity contribution < 1.29 is 13.2 Å². The second-order valence-corrected chi connectivity index (χ2v) is 9.42. The first kappa shape index (κ1) is 20.3. The summed E-state index contributed by atoms with van der Waals surface area (Å²) in [5.41, 5.74) is 0.351. The number of likely N-dealkylation sites (tertiary alicyclic amines) is 1. The summed E-state index contributed by atoms with van der Waals surface area (Å²) >= 11 is 0. The van der Waals surface area contributed by atoms with Crippen LogP contribution in [0.3, 0.4) is 0 Å². The first-order valence-corrected chi connectivity index (χ1v) is 11.6. The number of rotatable bonds is 5. The molecule has 1 aliphatic carbocycles. The molecule has 0 spiro atoms. The Morgan fingerprint density at radius 1 is 1.07 bits per heavy atom. The smallest absolute Gasteiger partial charge is 0.251 e. The summed E-state index contributed by atoms with van der Waals surface area (Å²) < 4.78 is 28.6.